The standard InChI is InChI=1S/C11H7FN2O3/c12-10-7-8(14(15)16)1-2-11(10)17-9-3-5-13-6-4-9/h1-7H. The van der Waals surface area contributed by atoms with Crippen LogP contribution in [0.25, 0.3) is 0 Å². The first kappa shape index (κ1) is 11.0. The van der Waals surface area contributed by atoms with Crippen molar-refractivity contribution in [1.82, 2.24) is 4.98 Å². The number of ether oxygens (including phenoxy) is 1. The van der Waals surface area contributed by atoms with Crippen molar-refractivity contribution in [2.24, 2.45) is 0 Å². The fraction of sp³-hybridized carbons (Fsp3) is 0. The zero-order valence-corrected chi connectivity index (χ0v) is 8.54. The van der Waals surface area contributed by atoms with Crippen LogP contribution in [0.5, 0.6) is 11.5 Å². The van der Waals surface area contributed by atoms with Crippen molar-refractivity contribution < 1.29 is 14.1 Å². The van der Waals surface area contributed by atoms with Gasteiger partial charge in [0, 0.05) is 18.5 Å². The molecule has 1 aromatic carbocycles. The summed E-state index contributed by atoms with van der Waals surface area (Å²) < 4.78 is 18.7. The van der Waals surface area contributed by atoms with Gasteiger partial charge in [0.15, 0.2) is 11.6 Å². The van der Waals surface area contributed by atoms with Crippen LogP contribution in [-0.2, 0) is 0 Å². The number of nitro groups is 1. The van der Waals surface area contributed by atoms with Crippen LogP contribution < -0.4 is 4.74 Å². The van der Waals surface area contributed by atoms with E-state index >= 15 is 0 Å². The topological polar surface area (TPSA) is 65.3 Å². The monoisotopic (exact) mass is 234 g/mol. The summed E-state index contributed by atoms with van der Waals surface area (Å²) in [7, 11) is 0. The highest BCUT2D eigenvalue weighted by atomic mass is 19.1. The first-order valence-corrected chi connectivity index (χ1v) is 4.68. The Morgan fingerprint density at radius 1 is 1.24 bits per heavy atom. The van der Waals surface area contributed by atoms with Gasteiger partial charge in [0.2, 0.25) is 0 Å². The van der Waals surface area contributed by atoms with E-state index in [2.05, 4.69) is 4.98 Å². The summed E-state index contributed by atoms with van der Waals surface area (Å²) >= 11 is 0. The molecule has 17 heavy (non-hydrogen) atoms. The third-order valence-electron chi connectivity index (χ3n) is 2.00. The molecule has 0 fully saturated rings. The van der Waals surface area contributed by atoms with Crippen LogP contribution in [0.15, 0.2) is 42.7 Å². The SMILES string of the molecule is O=[N+]([O-])c1ccc(Oc2ccncc2)c(F)c1. The lowest BCUT2D eigenvalue weighted by molar-refractivity contribution is -0.385. The summed E-state index contributed by atoms with van der Waals surface area (Å²) in [6.07, 6.45) is 3.00. The molecule has 6 heteroatoms. The quantitative estimate of drug-likeness (QED) is 0.605. The molecule has 0 aliphatic carbocycles. The van der Waals surface area contributed by atoms with Crippen LogP contribution in [0.1, 0.15) is 0 Å². The van der Waals surface area contributed by atoms with E-state index in [-0.39, 0.29) is 11.4 Å². The van der Waals surface area contributed by atoms with E-state index in [0.717, 1.165) is 6.07 Å². The van der Waals surface area contributed by atoms with E-state index in [1.807, 2.05) is 0 Å². The van der Waals surface area contributed by atoms with E-state index in [1.54, 1.807) is 12.1 Å². The molecule has 1 aromatic heterocycles. The Balaban J connectivity index is 2.26. The molecule has 86 valence electrons. The number of halogens is 1. The number of rotatable bonds is 3. The highest BCUT2D eigenvalue weighted by Gasteiger charge is 2.11. The Bertz CT molecular complexity index is 546. The van der Waals surface area contributed by atoms with Crippen molar-refractivity contribution in [2.75, 3.05) is 0 Å². The average Bonchev–Trinajstić information content (AvgIpc) is 2.33. The number of pyridine rings is 1. The number of nitro benzene ring substituents is 1. The number of nitrogens with zero attached hydrogens (tertiary/aromatic N) is 2. The van der Waals surface area contributed by atoms with Gasteiger partial charge in [-0.05, 0) is 18.2 Å². The molecule has 0 saturated carbocycles. The van der Waals surface area contributed by atoms with Crippen LogP contribution in [0, 0.1) is 15.9 Å². The molecular weight excluding hydrogens is 227 g/mol. The largest absolute Gasteiger partial charge is 0.454 e. The van der Waals surface area contributed by atoms with Crippen molar-refractivity contribution in [3.63, 3.8) is 0 Å². The van der Waals surface area contributed by atoms with Crippen LogP contribution in [0.2, 0.25) is 0 Å². The highest BCUT2D eigenvalue weighted by Crippen LogP contribution is 2.26. The second-order valence-corrected chi connectivity index (χ2v) is 3.16. The molecule has 0 spiro atoms. The smallest absolute Gasteiger partial charge is 0.272 e. The van der Waals surface area contributed by atoms with Crippen molar-refractivity contribution in [2.45, 2.75) is 0 Å². The summed E-state index contributed by atoms with van der Waals surface area (Å²) in [5, 5.41) is 10.4. The molecule has 0 bridgehead atoms. The fourth-order valence-corrected chi connectivity index (χ4v) is 1.22. The summed E-state index contributed by atoms with van der Waals surface area (Å²) in [4.78, 5) is 13.5. The van der Waals surface area contributed by atoms with Gasteiger partial charge in [-0.3, -0.25) is 15.1 Å². The zero-order valence-electron chi connectivity index (χ0n) is 8.54. The normalized spacial score (nSPS) is 9.94. The summed E-state index contributed by atoms with van der Waals surface area (Å²) in [6.45, 7) is 0. The molecule has 0 N–H and O–H groups in total. The molecule has 0 aliphatic rings. The maximum atomic E-state index is 13.5. The van der Waals surface area contributed by atoms with Crippen molar-refractivity contribution in [3.05, 3.63) is 58.7 Å². The Labute approximate surface area is 95.6 Å². The van der Waals surface area contributed by atoms with Gasteiger partial charge in [-0.15, -0.1) is 0 Å². The van der Waals surface area contributed by atoms with E-state index in [1.165, 1.54) is 24.5 Å². The molecule has 0 saturated heterocycles. The maximum Gasteiger partial charge on any atom is 0.272 e. The summed E-state index contributed by atoms with van der Waals surface area (Å²) in [5.74, 6) is -0.439. The van der Waals surface area contributed by atoms with E-state index in [9.17, 15) is 14.5 Å². The van der Waals surface area contributed by atoms with E-state index in [4.69, 9.17) is 4.74 Å². The zero-order chi connectivity index (χ0) is 12.3. The van der Waals surface area contributed by atoms with Gasteiger partial charge in [0.1, 0.15) is 5.75 Å². The fourth-order valence-electron chi connectivity index (χ4n) is 1.22. The lowest BCUT2D eigenvalue weighted by atomic mass is 10.3. The molecule has 0 amide bonds. The molecule has 0 aliphatic heterocycles. The Hall–Kier alpha value is -2.50. The van der Waals surface area contributed by atoms with Gasteiger partial charge in [-0.25, -0.2) is 4.39 Å². The second kappa shape index (κ2) is 4.56. The first-order chi connectivity index (χ1) is 8.16. The van der Waals surface area contributed by atoms with Crippen LogP contribution in [0.3, 0.4) is 0 Å². The molecular formula is C11H7FN2O3. The summed E-state index contributed by atoms with van der Waals surface area (Å²) in [5.41, 5.74) is -0.315. The number of hydrogen-bond donors (Lipinski definition) is 0. The third-order valence-corrected chi connectivity index (χ3v) is 2.00. The van der Waals surface area contributed by atoms with E-state index < -0.39 is 10.7 Å². The minimum Gasteiger partial charge on any atom is -0.454 e. The molecule has 0 unspecified atom stereocenters. The predicted molar refractivity (Wildman–Crippen MR) is 57.4 cm³/mol. The lowest BCUT2D eigenvalue weighted by Crippen LogP contribution is -1.92. The van der Waals surface area contributed by atoms with Gasteiger partial charge in [0.25, 0.3) is 5.69 Å². The summed E-state index contributed by atoms with van der Waals surface area (Å²) in [6, 6.07) is 6.33. The molecule has 1 heterocycles. The Morgan fingerprint density at radius 2 is 1.94 bits per heavy atom. The average molecular weight is 234 g/mol. The Kier molecular flexibility index (Phi) is 2.95. The highest BCUT2D eigenvalue weighted by molar-refractivity contribution is 5.39. The molecule has 5 nitrogen and oxygen atoms in total. The van der Waals surface area contributed by atoms with Gasteiger partial charge in [0.05, 0.1) is 11.0 Å². The number of hydrogen-bond acceptors (Lipinski definition) is 4. The van der Waals surface area contributed by atoms with Gasteiger partial charge in [-0.2, -0.15) is 0 Å². The van der Waals surface area contributed by atoms with Gasteiger partial charge >= 0.3 is 0 Å². The maximum absolute atomic E-state index is 13.5. The second-order valence-electron chi connectivity index (χ2n) is 3.16. The van der Waals surface area contributed by atoms with E-state index in [0.29, 0.717) is 5.75 Å². The Morgan fingerprint density at radius 3 is 2.53 bits per heavy atom. The minimum absolute atomic E-state index is 0.0678. The predicted octanol–water partition coefficient (Wildman–Crippen LogP) is 2.92. The van der Waals surface area contributed by atoms with Crippen molar-refractivity contribution >= 4 is 5.69 Å². The van der Waals surface area contributed by atoms with Gasteiger partial charge in [-0.1, -0.05) is 0 Å². The van der Waals surface area contributed by atoms with Gasteiger partial charge < -0.3 is 4.74 Å². The van der Waals surface area contributed by atoms with Crippen molar-refractivity contribution in [3.8, 4) is 11.5 Å². The first-order valence-electron chi connectivity index (χ1n) is 4.68. The number of non-ortho nitro benzene ring substituents is 1. The minimum atomic E-state index is -0.781. The third kappa shape index (κ3) is 2.54. The number of benzene rings is 1. The number of aromatic nitrogens is 1. The molecule has 0 atom stereocenters. The molecule has 0 radical (unpaired) electrons. The van der Waals surface area contributed by atoms with Crippen molar-refractivity contribution in [1.29, 1.82) is 0 Å². The molecule has 2 aromatic rings. The molecule has 2 rings (SSSR count). The van der Waals surface area contributed by atoms with Crippen LogP contribution in [0.4, 0.5) is 10.1 Å². The van der Waals surface area contributed by atoms with Crippen LogP contribution >= 0.6 is 0 Å². The lowest BCUT2D eigenvalue weighted by Gasteiger charge is -2.05. The van der Waals surface area contributed by atoms with Crippen LogP contribution in [-0.4, -0.2) is 9.91 Å².